The lowest BCUT2D eigenvalue weighted by Gasteiger charge is -2.49. The van der Waals surface area contributed by atoms with E-state index >= 15 is 0 Å². The fourth-order valence-electron chi connectivity index (χ4n) is 4.39. The van der Waals surface area contributed by atoms with Gasteiger partial charge in [0.15, 0.2) is 5.78 Å². The summed E-state index contributed by atoms with van der Waals surface area (Å²) in [5, 5.41) is 14.3. The molecule has 0 radical (unpaired) electrons. The lowest BCUT2D eigenvalue weighted by Crippen LogP contribution is -2.51. The van der Waals surface area contributed by atoms with Gasteiger partial charge in [0, 0.05) is 17.0 Å². The normalized spacial score (nSPS) is 29.3. The molecule has 0 N–H and O–H groups in total. The van der Waals surface area contributed by atoms with E-state index in [9.17, 15) is 10.1 Å². The van der Waals surface area contributed by atoms with Crippen LogP contribution in [0, 0.1) is 22.7 Å². The fraction of sp³-hybridized carbons (Fsp3) is 0.632. The molecule has 0 aliphatic heterocycles. The zero-order valence-corrected chi connectivity index (χ0v) is 14.9. The van der Waals surface area contributed by atoms with Gasteiger partial charge in [0.25, 0.3) is 0 Å². The van der Waals surface area contributed by atoms with Gasteiger partial charge in [-0.15, -0.1) is 0 Å². The monoisotopic (exact) mass is 311 g/mol. The number of hydrogen-bond acceptors (Lipinski definition) is 3. The van der Waals surface area contributed by atoms with E-state index in [1.54, 1.807) is 0 Å². The predicted molar refractivity (Wildman–Crippen MR) is 88.9 cm³/mol. The Hall–Kier alpha value is -1.89. The number of rotatable bonds is 0. The molecule has 0 saturated carbocycles. The van der Waals surface area contributed by atoms with Crippen LogP contribution in [0.3, 0.4) is 0 Å². The summed E-state index contributed by atoms with van der Waals surface area (Å²) in [6, 6.07) is 2.11. The molecule has 1 aromatic rings. The molecule has 0 saturated heterocycles. The van der Waals surface area contributed by atoms with Crippen LogP contribution < -0.4 is 0 Å². The number of nitriles is 1. The molecule has 0 amide bonds. The molecule has 0 spiro atoms. The molecule has 2 atom stereocenters. The minimum Gasteiger partial charge on any atom is -0.293 e. The molecular weight excluding hydrogens is 286 g/mol. The third-order valence-corrected chi connectivity index (χ3v) is 5.68. The lowest BCUT2D eigenvalue weighted by atomic mass is 9.52. The van der Waals surface area contributed by atoms with Gasteiger partial charge in [-0.1, -0.05) is 26.8 Å². The first-order chi connectivity index (χ1) is 10.5. The Bertz CT molecular complexity index is 755. The molecule has 0 bridgehead atoms. The Labute approximate surface area is 138 Å². The Morgan fingerprint density at radius 3 is 2.57 bits per heavy atom. The van der Waals surface area contributed by atoms with Gasteiger partial charge in [-0.2, -0.15) is 10.4 Å². The smallest absolute Gasteiger partial charge is 0.178 e. The third-order valence-electron chi connectivity index (χ3n) is 5.68. The van der Waals surface area contributed by atoms with E-state index in [-0.39, 0.29) is 28.2 Å². The largest absolute Gasteiger partial charge is 0.293 e. The summed E-state index contributed by atoms with van der Waals surface area (Å²) in [7, 11) is 0. The quantitative estimate of drug-likeness (QED) is 0.736. The number of nitrogens with zero attached hydrogens (tertiary/aromatic N) is 3. The number of hydrogen-bond donors (Lipinski definition) is 0. The Balaban J connectivity index is 2.24. The van der Waals surface area contributed by atoms with Crippen LogP contribution in [-0.2, 0) is 22.2 Å². The average molecular weight is 311 g/mol. The van der Waals surface area contributed by atoms with Gasteiger partial charge < -0.3 is 0 Å². The zero-order chi connectivity index (χ0) is 17.2. The summed E-state index contributed by atoms with van der Waals surface area (Å²) in [4.78, 5) is 12.6. The fourth-order valence-corrected chi connectivity index (χ4v) is 4.39. The van der Waals surface area contributed by atoms with Crippen LogP contribution in [0.15, 0.2) is 17.8 Å². The third kappa shape index (κ3) is 2.09. The molecule has 4 nitrogen and oxygen atoms in total. The van der Waals surface area contributed by atoms with Gasteiger partial charge in [-0.05, 0) is 45.1 Å². The molecule has 23 heavy (non-hydrogen) atoms. The summed E-state index contributed by atoms with van der Waals surface area (Å²) >= 11 is 0. The number of carbonyl (C=O) groups excluding carboxylic acids is 1. The molecule has 1 heterocycles. The van der Waals surface area contributed by atoms with E-state index in [2.05, 4.69) is 40.0 Å². The highest BCUT2D eigenvalue weighted by Gasteiger charge is 2.55. The molecule has 1 aromatic heterocycles. The van der Waals surface area contributed by atoms with Gasteiger partial charge in [-0.3, -0.25) is 9.48 Å². The van der Waals surface area contributed by atoms with Gasteiger partial charge in [0.1, 0.15) is 6.07 Å². The first kappa shape index (κ1) is 16.0. The van der Waals surface area contributed by atoms with Crippen molar-refractivity contribution in [3.05, 3.63) is 29.1 Å². The number of Topliss-reactive ketones (excluding diaryl/α,β-unsaturated/α-hetero) is 1. The SMILES string of the molecule is CC1(C)C(=O)C(C#N)=CC2(C)c3nn(C(C)(C)C)cc3CCC12. The number of aromatic nitrogens is 2. The summed E-state index contributed by atoms with van der Waals surface area (Å²) in [6.45, 7) is 12.5. The minimum absolute atomic E-state index is 0.0267. The van der Waals surface area contributed by atoms with Crippen LogP contribution in [0.1, 0.15) is 59.2 Å². The van der Waals surface area contributed by atoms with Crippen molar-refractivity contribution in [2.45, 2.75) is 65.3 Å². The van der Waals surface area contributed by atoms with Crippen LogP contribution in [0.25, 0.3) is 0 Å². The summed E-state index contributed by atoms with van der Waals surface area (Å²) in [5.74, 6) is 0.150. The van der Waals surface area contributed by atoms with Crippen molar-refractivity contribution in [2.75, 3.05) is 0 Å². The number of aryl methyl sites for hydroxylation is 1. The maximum Gasteiger partial charge on any atom is 0.178 e. The summed E-state index contributed by atoms with van der Waals surface area (Å²) < 4.78 is 2.02. The summed E-state index contributed by atoms with van der Waals surface area (Å²) in [6.07, 6.45) is 5.91. The number of carbonyl (C=O) groups is 1. The van der Waals surface area contributed by atoms with E-state index in [1.807, 2.05) is 24.6 Å². The number of allylic oxidation sites excluding steroid dienone is 2. The van der Waals surface area contributed by atoms with Gasteiger partial charge in [-0.25, -0.2) is 0 Å². The Kier molecular flexibility index (Phi) is 3.17. The number of ketones is 1. The molecule has 4 heteroatoms. The van der Waals surface area contributed by atoms with Crippen molar-refractivity contribution < 1.29 is 4.79 Å². The number of fused-ring (bicyclic) bond motifs is 3. The maximum atomic E-state index is 12.6. The van der Waals surface area contributed by atoms with Crippen molar-refractivity contribution in [1.82, 2.24) is 9.78 Å². The van der Waals surface area contributed by atoms with Gasteiger partial charge in [0.2, 0.25) is 0 Å². The van der Waals surface area contributed by atoms with Crippen molar-refractivity contribution in [3.63, 3.8) is 0 Å². The second-order valence-electron chi connectivity index (χ2n) is 8.71. The average Bonchev–Trinajstić information content (AvgIpc) is 2.88. The highest BCUT2D eigenvalue weighted by molar-refractivity contribution is 6.04. The van der Waals surface area contributed by atoms with Crippen molar-refractivity contribution in [3.8, 4) is 6.07 Å². The van der Waals surface area contributed by atoms with Crippen molar-refractivity contribution in [1.29, 1.82) is 5.26 Å². The molecule has 2 aliphatic carbocycles. The first-order valence-electron chi connectivity index (χ1n) is 8.29. The van der Waals surface area contributed by atoms with Crippen LogP contribution in [0.2, 0.25) is 0 Å². The molecule has 2 aliphatic rings. The highest BCUT2D eigenvalue weighted by atomic mass is 16.1. The van der Waals surface area contributed by atoms with Crippen LogP contribution in [0.4, 0.5) is 0 Å². The topological polar surface area (TPSA) is 58.7 Å². The predicted octanol–water partition coefficient (Wildman–Crippen LogP) is 3.52. The van der Waals surface area contributed by atoms with E-state index in [1.165, 1.54) is 5.56 Å². The minimum atomic E-state index is -0.530. The maximum absolute atomic E-state index is 12.6. The van der Waals surface area contributed by atoms with E-state index in [0.29, 0.717) is 0 Å². The van der Waals surface area contributed by atoms with E-state index < -0.39 is 5.41 Å². The van der Waals surface area contributed by atoms with Gasteiger partial charge in [0.05, 0.1) is 16.8 Å². The van der Waals surface area contributed by atoms with Gasteiger partial charge >= 0.3 is 0 Å². The van der Waals surface area contributed by atoms with Crippen LogP contribution in [-0.4, -0.2) is 15.6 Å². The van der Waals surface area contributed by atoms with E-state index in [4.69, 9.17) is 5.10 Å². The lowest BCUT2D eigenvalue weighted by molar-refractivity contribution is -0.128. The van der Waals surface area contributed by atoms with Crippen LogP contribution in [0.5, 0.6) is 0 Å². The van der Waals surface area contributed by atoms with E-state index in [0.717, 1.165) is 18.5 Å². The highest BCUT2D eigenvalue weighted by Crippen LogP contribution is 2.54. The summed E-state index contributed by atoms with van der Waals surface area (Å²) in [5.41, 5.74) is 1.61. The first-order valence-corrected chi connectivity index (χ1v) is 8.29. The molecule has 122 valence electrons. The Morgan fingerprint density at radius 1 is 1.35 bits per heavy atom. The molecule has 3 rings (SSSR count). The molecular formula is C19H25N3O. The second-order valence-corrected chi connectivity index (χ2v) is 8.71. The molecule has 2 unspecified atom stereocenters. The molecule has 0 fully saturated rings. The molecule has 0 aromatic carbocycles. The van der Waals surface area contributed by atoms with Crippen molar-refractivity contribution in [2.24, 2.45) is 11.3 Å². The van der Waals surface area contributed by atoms with Crippen molar-refractivity contribution >= 4 is 5.78 Å². The second kappa shape index (κ2) is 4.56. The van der Waals surface area contributed by atoms with Crippen LogP contribution >= 0.6 is 0 Å². The standard InChI is InChI=1S/C19H25N3O/c1-17(2,3)22-11-12-7-8-14-18(4,5)16(23)13(10-20)9-19(14,6)15(12)21-22/h9,11,14H,7-8H2,1-6H3. The Morgan fingerprint density at radius 2 is 2.00 bits per heavy atom. The zero-order valence-electron chi connectivity index (χ0n) is 14.9.